The van der Waals surface area contributed by atoms with Crippen LogP contribution in [0.4, 0.5) is 14.5 Å². The molecule has 1 saturated carbocycles. The number of para-hydroxylation sites is 1. The van der Waals surface area contributed by atoms with E-state index >= 15 is 0 Å². The number of amides is 1. The molecule has 2 N–H and O–H groups in total. The lowest BCUT2D eigenvalue weighted by Crippen LogP contribution is -2.30. The Bertz CT molecular complexity index is 476. The van der Waals surface area contributed by atoms with Crippen molar-refractivity contribution in [2.45, 2.75) is 48.4 Å². The van der Waals surface area contributed by atoms with Gasteiger partial charge in [-0.25, -0.2) is 0 Å². The Kier molecular flexibility index (Phi) is 4.99. The maximum absolute atomic E-state index is 12.4. The third-order valence-corrected chi connectivity index (χ3v) is 4.19. The summed E-state index contributed by atoms with van der Waals surface area (Å²) in [5, 5.41) is 12.8. The summed E-state index contributed by atoms with van der Waals surface area (Å²) in [6.45, 7) is 0. The summed E-state index contributed by atoms with van der Waals surface area (Å²) in [6, 6.07) is 6.44. The first kappa shape index (κ1) is 15.3. The predicted octanol–water partition coefficient (Wildman–Crippen LogP) is 3.64. The second-order valence-electron chi connectivity index (χ2n) is 5.03. The molecule has 0 spiro atoms. The molecule has 1 aliphatic carbocycles. The molecular formula is C14H17F2NO2S. The minimum absolute atomic E-state index is 0.0146. The minimum atomic E-state index is -2.54. The molecular weight excluding hydrogens is 284 g/mol. The van der Waals surface area contributed by atoms with Crippen LogP contribution < -0.4 is 5.32 Å². The number of carbonyl (C=O) groups is 1. The van der Waals surface area contributed by atoms with E-state index in [4.69, 9.17) is 0 Å². The normalized spacial score (nSPS) is 17.4. The maximum atomic E-state index is 12.4. The average Bonchev–Trinajstić information content (AvgIpc) is 2.77. The van der Waals surface area contributed by atoms with E-state index in [9.17, 15) is 18.7 Å². The second-order valence-corrected chi connectivity index (χ2v) is 6.06. The van der Waals surface area contributed by atoms with Crippen molar-refractivity contribution in [2.24, 2.45) is 0 Å². The summed E-state index contributed by atoms with van der Waals surface area (Å²) in [7, 11) is 0. The monoisotopic (exact) mass is 301 g/mol. The zero-order valence-electron chi connectivity index (χ0n) is 10.9. The molecule has 3 nitrogen and oxygen atoms in total. The first-order valence-corrected chi connectivity index (χ1v) is 7.43. The van der Waals surface area contributed by atoms with E-state index in [1.54, 1.807) is 18.2 Å². The van der Waals surface area contributed by atoms with Gasteiger partial charge in [0.05, 0.1) is 17.7 Å². The highest BCUT2D eigenvalue weighted by Crippen LogP contribution is 2.34. The summed E-state index contributed by atoms with van der Waals surface area (Å²) >= 11 is 0.398. The Hall–Kier alpha value is -1.14. The fourth-order valence-corrected chi connectivity index (χ4v) is 3.07. The quantitative estimate of drug-likeness (QED) is 0.816. The number of halogens is 2. The Balaban J connectivity index is 2.00. The number of hydrogen-bond donors (Lipinski definition) is 2. The van der Waals surface area contributed by atoms with Gasteiger partial charge in [0.1, 0.15) is 0 Å². The van der Waals surface area contributed by atoms with Crippen LogP contribution in [0.15, 0.2) is 29.2 Å². The predicted molar refractivity (Wildman–Crippen MR) is 75.0 cm³/mol. The molecule has 2 rings (SSSR count). The molecule has 0 radical (unpaired) electrons. The first-order chi connectivity index (χ1) is 9.48. The Labute approximate surface area is 120 Å². The third kappa shape index (κ3) is 4.18. The Morgan fingerprint density at radius 2 is 2.00 bits per heavy atom. The topological polar surface area (TPSA) is 49.3 Å². The van der Waals surface area contributed by atoms with Crippen molar-refractivity contribution in [1.82, 2.24) is 0 Å². The highest BCUT2D eigenvalue weighted by molar-refractivity contribution is 7.99. The largest absolute Gasteiger partial charge is 0.389 e. The van der Waals surface area contributed by atoms with Gasteiger partial charge in [0, 0.05) is 4.90 Å². The standard InChI is InChI=1S/C14H17F2NO2S/c15-13(16)20-11-6-2-1-5-10(11)17-12(18)9-14(19)7-3-4-8-14/h1-2,5-6,13,19H,3-4,7-9H2,(H,17,18). The van der Waals surface area contributed by atoms with Gasteiger partial charge < -0.3 is 10.4 Å². The molecule has 1 fully saturated rings. The summed E-state index contributed by atoms with van der Waals surface area (Å²) in [4.78, 5) is 12.3. The number of hydrogen-bond acceptors (Lipinski definition) is 3. The van der Waals surface area contributed by atoms with E-state index in [1.807, 2.05) is 0 Å². The molecule has 0 unspecified atom stereocenters. The summed E-state index contributed by atoms with van der Waals surface area (Å²) in [5.41, 5.74) is -0.570. The van der Waals surface area contributed by atoms with E-state index in [-0.39, 0.29) is 12.3 Å². The van der Waals surface area contributed by atoms with Crippen LogP contribution in [0.25, 0.3) is 0 Å². The van der Waals surface area contributed by atoms with Crippen molar-refractivity contribution in [1.29, 1.82) is 0 Å². The summed E-state index contributed by atoms with van der Waals surface area (Å²) < 4.78 is 24.9. The Morgan fingerprint density at radius 3 is 2.65 bits per heavy atom. The number of rotatable bonds is 5. The second kappa shape index (κ2) is 6.54. The van der Waals surface area contributed by atoms with Crippen LogP contribution in [0.3, 0.4) is 0 Å². The molecule has 20 heavy (non-hydrogen) atoms. The average molecular weight is 301 g/mol. The molecule has 1 aromatic carbocycles. The van der Waals surface area contributed by atoms with Crippen molar-refractivity contribution in [3.8, 4) is 0 Å². The smallest absolute Gasteiger partial charge is 0.288 e. The van der Waals surface area contributed by atoms with Crippen molar-refractivity contribution >= 4 is 23.4 Å². The van der Waals surface area contributed by atoms with Gasteiger partial charge in [-0.2, -0.15) is 8.78 Å². The van der Waals surface area contributed by atoms with E-state index in [0.717, 1.165) is 12.8 Å². The van der Waals surface area contributed by atoms with Gasteiger partial charge in [0.2, 0.25) is 5.91 Å². The van der Waals surface area contributed by atoms with Crippen LogP contribution in [0, 0.1) is 0 Å². The van der Waals surface area contributed by atoms with Crippen LogP contribution in [0.1, 0.15) is 32.1 Å². The number of carbonyl (C=O) groups excluding carboxylic acids is 1. The summed E-state index contributed by atoms with van der Waals surface area (Å²) in [6.07, 6.45) is 3.09. The highest BCUT2D eigenvalue weighted by atomic mass is 32.2. The molecule has 0 saturated heterocycles. The van der Waals surface area contributed by atoms with Crippen molar-refractivity contribution in [3.63, 3.8) is 0 Å². The fraction of sp³-hybridized carbons (Fsp3) is 0.500. The Morgan fingerprint density at radius 1 is 1.35 bits per heavy atom. The lowest BCUT2D eigenvalue weighted by atomic mass is 9.97. The fourth-order valence-electron chi connectivity index (χ4n) is 2.47. The van der Waals surface area contributed by atoms with Gasteiger partial charge in [-0.3, -0.25) is 4.79 Å². The zero-order chi connectivity index (χ0) is 14.6. The molecule has 6 heteroatoms. The van der Waals surface area contributed by atoms with Crippen molar-refractivity contribution < 1.29 is 18.7 Å². The number of alkyl halides is 2. The van der Waals surface area contributed by atoms with Crippen molar-refractivity contribution in [2.75, 3.05) is 5.32 Å². The number of benzene rings is 1. The number of aliphatic hydroxyl groups is 1. The zero-order valence-corrected chi connectivity index (χ0v) is 11.8. The van der Waals surface area contributed by atoms with Gasteiger partial charge in [0.25, 0.3) is 5.76 Å². The van der Waals surface area contributed by atoms with Crippen LogP contribution >= 0.6 is 11.8 Å². The van der Waals surface area contributed by atoms with Gasteiger partial charge in [-0.1, -0.05) is 36.7 Å². The van der Waals surface area contributed by atoms with Crippen LogP contribution in [-0.2, 0) is 4.79 Å². The van der Waals surface area contributed by atoms with E-state index in [2.05, 4.69) is 5.32 Å². The minimum Gasteiger partial charge on any atom is -0.389 e. The van der Waals surface area contributed by atoms with E-state index in [0.29, 0.717) is 35.2 Å². The molecule has 110 valence electrons. The third-order valence-electron chi connectivity index (χ3n) is 3.40. The highest BCUT2D eigenvalue weighted by Gasteiger charge is 2.33. The first-order valence-electron chi connectivity index (χ1n) is 6.55. The van der Waals surface area contributed by atoms with Crippen LogP contribution in [-0.4, -0.2) is 22.4 Å². The molecule has 0 heterocycles. The van der Waals surface area contributed by atoms with Gasteiger partial charge >= 0.3 is 0 Å². The lowest BCUT2D eigenvalue weighted by Gasteiger charge is -2.21. The van der Waals surface area contributed by atoms with Crippen LogP contribution in [0.5, 0.6) is 0 Å². The maximum Gasteiger partial charge on any atom is 0.288 e. The van der Waals surface area contributed by atoms with Crippen LogP contribution in [0.2, 0.25) is 0 Å². The number of anilines is 1. The van der Waals surface area contributed by atoms with E-state index in [1.165, 1.54) is 6.07 Å². The summed E-state index contributed by atoms with van der Waals surface area (Å²) in [5.74, 6) is -2.87. The molecule has 0 aromatic heterocycles. The molecule has 1 amide bonds. The number of thioether (sulfide) groups is 1. The molecule has 0 atom stereocenters. The molecule has 1 aliphatic rings. The van der Waals surface area contributed by atoms with E-state index < -0.39 is 11.4 Å². The molecule has 0 aliphatic heterocycles. The number of nitrogens with one attached hydrogen (secondary N) is 1. The lowest BCUT2D eigenvalue weighted by molar-refractivity contribution is -0.120. The van der Waals surface area contributed by atoms with Gasteiger partial charge in [-0.05, 0) is 25.0 Å². The van der Waals surface area contributed by atoms with Gasteiger partial charge in [0.15, 0.2) is 0 Å². The molecule has 0 bridgehead atoms. The molecule has 1 aromatic rings. The van der Waals surface area contributed by atoms with Crippen molar-refractivity contribution in [3.05, 3.63) is 24.3 Å². The SMILES string of the molecule is O=C(CC1(O)CCCC1)Nc1ccccc1SC(F)F. The van der Waals surface area contributed by atoms with Gasteiger partial charge in [-0.15, -0.1) is 0 Å².